The minimum Gasteiger partial charge on any atom is -0.439 e. The normalized spacial score (nSPS) is 10.3. The van der Waals surface area contributed by atoms with E-state index < -0.39 is 0 Å². The molecule has 0 spiro atoms. The maximum atomic E-state index is 12.5. The maximum Gasteiger partial charge on any atom is 0.255 e. The molecular formula is C21H17BrClN3O3. The summed E-state index contributed by atoms with van der Waals surface area (Å²) in [5, 5.41) is 3.22. The molecule has 3 rings (SSSR count). The molecule has 2 amide bonds. The lowest BCUT2D eigenvalue weighted by Crippen LogP contribution is -2.35. The number of hydrogen-bond acceptors (Lipinski definition) is 4. The molecule has 0 fully saturated rings. The Bertz CT molecular complexity index is 1030. The van der Waals surface area contributed by atoms with Crippen molar-refractivity contribution in [2.24, 2.45) is 0 Å². The van der Waals surface area contributed by atoms with Gasteiger partial charge in [0.05, 0.1) is 12.1 Å². The van der Waals surface area contributed by atoms with Crippen molar-refractivity contribution in [2.45, 2.75) is 0 Å². The number of likely N-dealkylation sites (N-methyl/N-ethyl adjacent to an activating group) is 1. The predicted octanol–water partition coefficient (Wildman–Crippen LogP) is 5.00. The van der Waals surface area contributed by atoms with Crippen LogP contribution in [0.4, 0.5) is 5.69 Å². The fourth-order valence-electron chi connectivity index (χ4n) is 2.49. The summed E-state index contributed by atoms with van der Waals surface area (Å²) in [4.78, 5) is 30.2. The second-order valence-electron chi connectivity index (χ2n) is 6.16. The molecule has 29 heavy (non-hydrogen) atoms. The van der Waals surface area contributed by atoms with E-state index in [1.54, 1.807) is 49.5 Å². The Hall–Kier alpha value is -2.90. The number of hydrogen-bond donors (Lipinski definition) is 1. The third kappa shape index (κ3) is 6.04. The van der Waals surface area contributed by atoms with Crippen molar-refractivity contribution in [1.29, 1.82) is 0 Å². The van der Waals surface area contributed by atoms with Gasteiger partial charge in [0.15, 0.2) is 0 Å². The highest BCUT2D eigenvalue weighted by Gasteiger charge is 2.16. The van der Waals surface area contributed by atoms with E-state index in [9.17, 15) is 9.59 Å². The van der Waals surface area contributed by atoms with E-state index in [-0.39, 0.29) is 18.4 Å². The van der Waals surface area contributed by atoms with Gasteiger partial charge in [0.25, 0.3) is 5.91 Å². The zero-order chi connectivity index (χ0) is 20.8. The molecule has 1 heterocycles. The average molecular weight is 475 g/mol. The van der Waals surface area contributed by atoms with Crippen LogP contribution in [0.3, 0.4) is 0 Å². The van der Waals surface area contributed by atoms with E-state index in [4.69, 9.17) is 16.3 Å². The van der Waals surface area contributed by atoms with Crippen molar-refractivity contribution in [3.63, 3.8) is 0 Å². The van der Waals surface area contributed by atoms with Crippen molar-refractivity contribution < 1.29 is 14.3 Å². The summed E-state index contributed by atoms with van der Waals surface area (Å²) in [6.45, 7) is -0.109. The topological polar surface area (TPSA) is 71.5 Å². The predicted molar refractivity (Wildman–Crippen MR) is 115 cm³/mol. The summed E-state index contributed by atoms with van der Waals surface area (Å²) >= 11 is 9.28. The van der Waals surface area contributed by atoms with Crippen LogP contribution in [0.15, 0.2) is 71.3 Å². The van der Waals surface area contributed by atoms with E-state index in [2.05, 4.69) is 26.2 Å². The molecule has 0 radical (unpaired) electrons. The molecule has 0 bridgehead atoms. The summed E-state index contributed by atoms with van der Waals surface area (Å²) in [6.07, 6.45) is 1.42. The van der Waals surface area contributed by atoms with Crippen LogP contribution in [0.2, 0.25) is 5.02 Å². The van der Waals surface area contributed by atoms with Gasteiger partial charge < -0.3 is 15.0 Å². The van der Waals surface area contributed by atoms with Crippen LogP contribution in [0.25, 0.3) is 0 Å². The smallest absolute Gasteiger partial charge is 0.255 e. The van der Waals surface area contributed by atoms with Gasteiger partial charge in [-0.1, -0.05) is 39.7 Å². The number of aromatic nitrogens is 1. The number of pyridine rings is 1. The first-order valence-corrected chi connectivity index (χ1v) is 9.78. The number of amides is 2. The van der Waals surface area contributed by atoms with Gasteiger partial charge in [-0.2, -0.15) is 0 Å². The number of rotatable bonds is 6. The summed E-state index contributed by atoms with van der Waals surface area (Å²) in [6, 6.07) is 17.4. The summed E-state index contributed by atoms with van der Waals surface area (Å²) in [7, 11) is 1.55. The average Bonchev–Trinajstić information content (AvgIpc) is 2.68. The van der Waals surface area contributed by atoms with Crippen molar-refractivity contribution in [2.75, 3.05) is 18.9 Å². The number of nitrogens with one attached hydrogen (secondary N) is 1. The van der Waals surface area contributed by atoms with Gasteiger partial charge in [0.1, 0.15) is 5.75 Å². The largest absolute Gasteiger partial charge is 0.439 e. The highest BCUT2D eigenvalue weighted by atomic mass is 79.9. The first-order valence-electron chi connectivity index (χ1n) is 8.61. The van der Waals surface area contributed by atoms with E-state index >= 15 is 0 Å². The zero-order valence-corrected chi connectivity index (χ0v) is 17.8. The quantitative estimate of drug-likeness (QED) is 0.546. The van der Waals surface area contributed by atoms with Gasteiger partial charge in [-0.15, -0.1) is 0 Å². The monoisotopic (exact) mass is 473 g/mol. The molecule has 1 N–H and O–H groups in total. The standard InChI is InChI=1S/C21H17BrClN3O3/c1-26(13-19(27)25-17-6-3-5-16(23)11-17)21(28)14-8-9-20(24-12-14)29-18-7-2-4-15(22)10-18/h2-12H,13H2,1H3,(H,25,27). The lowest BCUT2D eigenvalue weighted by Gasteiger charge is -2.17. The number of anilines is 1. The molecule has 0 saturated carbocycles. The lowest BCUT2D eigenvalue weighted by atomic mass is 10.2. The number of halogens is 2. The van der Waals surface area contributed by atoms with Crippen LogP contribution in [-0.4, -0.2) is 35.3 Å². The highest BCUT2D eigenvalue weighted by Crippen LogP contribution is 2.23. The lowest BCUT2D eigenvalue weighted by molar-refractivity contribution is -0.116. The molecule has 0 unspecified atom stereocenters. The number of benzene rings is 2. The molecule has 2 aromatic carbocycles. The SMILES string of the molecule is CN(CC(=O)Nc1cccc(Cl)c1)C(=O)c1ccc(Oc2cccc(Br)c2)nc1. The third-order valence-electron chi connectivity index (χ3n) is 3.84. The Morgan fingerprint density at radius 3 is 2.62 bits per heavy atom. The molecule has 3 aromatic rings. The second-order valence-corrected chi connectivity index (χ2v) is 7.52. The Morgan fingerprint density at radius 1 is 1.14 bits per heavy atom. The van der Waals surface area contributed by atoms with Crippen LogP contribution >= 0.6 is 27.5 Å². The maximum absolute atomic E-state index is 12.5. The molecule has 148 valence electrons. The minimum absolute atomic E-state index is 0.109. The second kappa shape index (κ2) is 9.54. The Labute approximate surface area is 181 Å². The van der Waals surface area contributed by atoms with Gasteiger partial charge in [0, 0.05) is 34.5 Å². The Balaban J connectivity index is 1.58. The number of carbonyl (C=O) groups is 2. The summed E-state index contributed by atoms with van der Waals surface area (Å²) < 4.78 is 6.54. The van der Waals surface area contributed by atoms with Gasteiger partial charge in [-0.25, -0.2) is 4.98 Å². The van der Waals surface area contributed by atoms with Crippen molar-refractivity contribution >= 4 is 45.0 Å². The van der Waals surface area contributed by atoms with Crippen LogP contribution in [0.1, 0.15) is 10.4 Å². The number of nitrogens with zero attached hydrogens (tertiary/aromatic N) is 2. The highest BCUT2D eigenvalue weighted by molar-refractivity contribution is 9.10. The van der Waals surface area contributed by atoms with Crippen molar-refractivity contribution in [3.8, 4) is 11.6 Å². The molecule has 8 heteroatoms. The van der Waals surface area contributed by atoms with Gasteiger partial charge in [-0.3, -0.25) is 9.59 Å². The van der Waals surface area contributed by atoms with Crippen LogP contribution in [0.5, 0.6) is 11.6 Å². The molecule has 0 aliphatic rings. The molecule has 0 saturated heterocycles. The van der Waals surface area contributed by atoms with Crippen molar-refractivity contribution in [3.05, 3.63) is 81.9 Å². The van der Waals surface area contributed by atoms with Crippen LogP contribution in [0, 0.1) is 0 Å². The number of carbonyl (C=O) groups excluding carboxylic acids is 2. The van der Waals surface area contributed by atoms with E-state index in [1.165, 1.54) is 11.1 Å². The van der Waals surface area contributed by atoms with Crippen LogP contribution in [-0.2, 0) is 4.79 Å². The van der Waals surface area contributed by atoms with Crippen LogP contribution < -0.4 is 10.1 Å². The number of ether oxygens (including phenoxy) is 1. The van der Waals surface area contributed by atoms with E-state index in [0.717, 1.165) is 4.47 Å². The van der Waals surface area contributed by atoms with Gasteiger partial charge >= 0.3 is 0 Å². The first kappa shape index (κ1) is 20.8. The Morgan fingerprint density at radius 2 is 1.93 bits per heavy atom. The van der Waals surface area contributed by atoms with E-state index in [1.807, 2.05) is 18.2 Å². The molecule has 0 aliphatic carbocycles. The molecule has 1 aromatic heterocycles. The molecule has 0 aliphatic heterocycles. The fraction of sp³-hybridized carbons (Fsp3) is 0.0952. The van der Waals surface area contributed by atoms with E-state index in [0.29, 0.717) is 27.9 Å². The summed E-state index contributed by atoms with van der Waals surface area (Å²) in [5.74, 6) is 0.334. The third-order valence-corrected chi connectivity index (χ3v) is 4.57. The van der Waals surface area contributed by atoms with Crippen molar-refractivity contribution in [1.82, 2.24) is 9.88 Å². The fourth-order valence-corrected chi connectivity index (χ4v) is 3.06. The molecule has 6 nitrogen and oxygen atoms in total. The summed E-state index contributed by atoms with van der Waals surface area (Å²) in [5.41, 5.74) is 0.920. The molecular weight excluding hydrogens is 458 g/mol. The minimum atomic E-state index is -0.328. The first-order chi connectivity index (χ1) is 13.9. The zero-order valence-electron chi connectivity index (χ0n) is 15.4. The Kier molecular flexibility index (Phi) is 6.85. The molecule has 0 atom stereocenters. The van der Waals surface area contributed by atoms with Gasteiger partial charge in [0.2, 0.25) is 11.8 Å². The van der Waals surface area contributed by atoms with Gasteiger partial charge in [-0.05, 0) is 42.5 Å².